The van der Waals surface area contributed by atoms with Gasteiger partial charge in [0, 0.05) is 11.9 Å². The van der Waals surface area contributed by atoms with Gasteiger partial charge < -0.3 is 20.3 Å². The van der Waals surface area contributed by atoms with E-state index in [2.05, 4.69) is 10.3 Å². The van der Waals surface area contributed by atoms with Crippen LogP contribution in [0, 0.1) is 0 Å². The molecule has 1 aliphatic heterocycles. The predicted octanol–water partition coefficient (Wildman–Crippen LogP) is 0.486. The average Bonchev–Trinajstić information content (AvgIpc) is 2.91. The molecule has 1 aliphatic rings. The van der Waals surface area contributed by atoms with Gasteiger partial charge in [0.2, 0.25) is 0 Å². The van der Waals surface area contributed by atoms with Crippen LogP contribution in [0.3, 0.4) is 0 Å². The number of aliphatic carboxylic acids is 1. The zero-order chi connectivity index (χ0) is 15.9. The Bertz CT molecular complexity index is 810. The van der Waals surface area contributed by atoms with E-state index in [9.17, 15) is 14.4 Å². The first-order valence-electron chi connectivity index (χ1n) is 6.09. The van der Waals surface area contributed by atoms with E-state index in [1.165, 1.54) is 22.9 Å². The molecule has 1 aromatic heterocycles. The first-order valence-corrected chi connectivity index (χ1v) is 6.09. The van der Waals surface area contributed by atoms with Crippen molar-refractivity contribution in [2.45, 2.75) is 6.61 Å². The van der Waals surface area contributed by atoms with E-state index in [1.807, 2.05) is 0 Å². The van der Waals surface area contributed by atoms with Crippen LogP contribution in [-0.4, -0.2) is 37.6 Å². The molecule has 0 saturated carbocycles. The summed E-state index contributed by atoms with van der Waals surface area (Å²) in [6.07, 6.45) is 1.34. The molecule has 0 fully saturated rings. The zero-order valence-electron chi connectivity index (χ0n) is 10.9. The number of aromatic nitrogens is 2. The molecule has 1 aromatic carbocycles. The van der Waals surface area contributed by atoms with Crippen LogP contribution in [0.4, 0.5) is 5.69 Å². The number of amides is 1. The summed E-state index contributed by atoms with van der Waals surface area (Å²) in [5, 5.41) is 19.8. The van der Waals surface area contributed by atoms with Crippen LogP contribution < -0.4 is 10.1 Å². The van der Waals surface area contributed by atoms with Gasteiger partial charge in [-0.3, -0.25) is 9.36 Å². The van der Waals surface area contributed by atoms with Gasteiger partial charge >= 0.3 is 17.8 Å². The third kappa shape index (κ3) is 2.24. The van der Waals surface area contributed by atoms with Crippen molar-refractivity contribution in [2.24, 2.45) is 0 Å². The summed E-state index contributed by atoms with van der Waals surface area (Å²) in [6.45, 7) is 0.112. The molecule has 112 valence electrons. The molecule has 22 heavy (non-hydrogen) atoms. The van der Waals surface area contributed by atoms with Crippen LogP contribution in [0.5, 0.6) is 5.75 Å². The smallest absolute Gasteiger partial charge is 0.394 e. The van der Waals surface area contributed by atoms with Gasteiger partial charge in [-0.2, -0.15) is 0 Å². The van der Waals surface area contributed by atoms with E-state index < -0.39 is 17.8 Å². The van der Waals surface area contributed by atoms with Crippen LogP contribution in [0.1, 0.15) is 16.3 Å². The highest BCUT2D eigenvalue weighted by atomic mass is 16.5. The van der Waals surface area contributed by atoms with Gasteiger partial charge in [-0.05, 0) is 18.2 Å². The second-order valence-corrected chi connectivity index (χ2v) is 4.45. The molecule has 9 nitrogen and oxygen atoms in total. The van der Waals surface area contributed by atoms with Crippen molar-refractivity contribution in [3.8, 4) is 11.4 Å². The first kappa shape index (κ1) is 13.6. The number of carbonyl (C=O) groups is 3. The van der Waals surface area contributed by atoms with Gasteiger partial charge in [0.1, 0.15) is 12.4 Å². The molecule has 0 bridgehead atoms. The minimum Gasteiger partial charge on any atom is -0.483 e. The number of anilines is 1. The number of benzene rings is 1. The third-order valence-corrected chi connectivity index (χ3v) is 3.03. The van der Waals surface area contributed by atoms with Crippen molar-refractivity contribution in [3.63, 3.8) is 0 Å². The van der Waals surface area contributed by atoms with E-state index in [4.69, 9.17) is 14.9 Å². The van der Waals surface area contributed by atoms with Crippen LogP contribution in [0.15, 0.2) is 24.4 Å². The molecule has 0 spiro atoms. The van der Waals surface area contributed by atoms with Gasteiger partial charge in [-0.15, -0.1) is 0 Å². The predicted molar refractivity (Wildman–Crippen MR) is 71.1 cm³/mol. The van der Waals surface area contributed by atoms with E-state index in [-0.39, 0.29) is 18.0 Å². The fourth-order valence-electron chi connectivity index (χ4n) is 2.06. The molecular weight excluding hydrogens is 294 g/mol. The first-order chi connectivity index (χ1) is 10.5. The summed E-state index contributed by atoms with van der Waals surface area (Å²) in [5.74, 6) is -3.08. The van der Waals surface area contributed by atoms with E-state index >= 15 is 0 Å². The summed E-state index contributed by atoms with van der Waals surface area (Å²) in [7, 11) is 0. The second kappa shape index (κ2) is 4.88. The van der Waals surface area contributed by atoms with Crippen molar-refractivity contribution in [1.82, 2.24) is 9.55 Å². The second-order valence-electron chi connectivity index (χ2n) is 4.45. The number of aromatic carboxylic acids is 1. The number of fused-ring (bicyclic) bond motifs is 3. The molecule has 3 N–H and O–H groups in total. The molecule has 9 heteroatoms. The molecule has 1 amide bonds. The summed E-state index contributed by atoms with van der Waals surface area (Å²) in [4.78, 5) is 36.6. The van der Waals surface area contributed by atoms with Crippen LogP contribution in [0.25, 0.3) is 5.69 Å². The minimum absolute atomic E-state index is 0.112. The SMILES string of the molecule is O=C(O)C(=O)Nc1ccc2c(c1)-n1cc(C(=O)O)nc1CO2. The summed E-state index contributed by atoms with van der Waals surface area (Å²) in [6, 6.07) is 4.52. The Morgan fingerprint density at radius 1 is 1.27 bits per heavy atom. The lowest BCUT2D eigenvalue weighted by atomic mass is 10.2. The van der Waals surface area contributed by atoms with Gasteiger partial charge in [-0.25, -0.2) is 14.6 Å². The number of imidazole rings is 1. The lowest BCUT2D eigenvalue weighted by Crippen LogP contribution is -2.22. The Hall–Kier alpha value is -3.36. The number of nitrogens with zero attached hydrogens (tertiary/aromatic N) is 2. The Labute approximate surface area is 122 Å². The largest absolute Gasteiger partial charge is 0.483 e. The Kier molecular flexibility index (Phi) is 3.02. The van der Waals surface area contributed by atoms with Crippen molar-refractivity contribution >= 4 is 23.5 Å². The maximum atomic E-state index is 11.2. The highest BCUT2D eigenvalue weighted by molar-refractivity contribution is 6.36. The van der Waals surface area contributed by atoms with Crippen molar-refractivity contribution < 1.29 is 29.3 Å². The van der Waals surface area contributed by atoms with Crippen LogP contribution in [0.2, 0.25) is 0 Å². The fourth-order valence-corrected chi connectivity index (χ4v) is 2.06. The molecule has 3 rings (SSSR count). The molecule has 0 radical (unpaired) electrons. The maximum absolute atomic E-state index is 11.2. The highest BCUT2D eigenvalue weighted by Gasteiger charge is 2.22. The summed E-state index contributed by atoms with van der Waals surface area (Å²) < 4.78 is 6.97. The molecule has 2 heterocycles. The number of carboxylic acid groups (broad SMARTS) is 2. The van der Waals surface area contributed by atoms with Gasteiger partial charge in [0.05, 0.1) is 5.69 Å². The minimum atomic E-state index is -1.61. The molecule has 2 aromatic rings. The topological polar surface area (TPSA) is 131 Å². The maximum Gasteiger partial charge on any atom is 0.394 e. The number of nitrogens with one attached hydrogen (secondary N) is 1. The number of rotatable bonds is 2. The molecule has 0 saturated heterocycles. The monoisotopic (exact) mass is 303 g/mol. The number of hydrogen-bond donors (Lipinski definition) is 3. The standard InChI is InChI=1S/C13H9N3O6/c17-11(13(20)21)14-6-1-2-9-8(3-6)16-4-7(12(18)19)15-10(16)5-22-9/h1-4H,5H2,(H,14,17)(H,18,19)(H,20,21). The van der Waals surface area contributed by atoms with Crippen molar-refractivity contribution in [3.05, 3.63) is 35.9 Å². The Balaban J connectivity index is 2.01. The lowest BCUT2D eigenvalue weighted by molar-refractivity contribution is -0.147. The average molecular weight is 303 g/mol. The van der Waals surface area contributed by atoms with Crippen LogP contribution in [-0.2, 0) is 16.2 Å². The van der Waals surface area contributed by atoms with E-state index in [1.54, 1.807) is 6.07 Å². The Morgan fingerprint density at radius 2 is 2.05 bits per heavy atom. The van der Waals surface area contributed by atoms with Crippen molar-refractivity contribution in [1.29, 1.82) is 0 Å². The molecule has 0 unspecified atom stereocenters. The van der Waals surface area contributed by atoms with Crippen LogP contribution >= 0.6 is 0 Å². The number of ether oxygens (including phenoxy) is 1. The van der Waals surface area contributed by atoms with E-state index in [0.29, 0.717) is 17.3 Å². The molecule has 0 aliphatic carbocycles. The third-order valence-electron chi connectivity index (χ3n) is 3.03. The molecule has 0 atom stereocenters. The van der Waals surface area contributed by atoms with Gasteiger partial charge in [0.15, 0.2) is 11.5 Å². The van der Waals surface area contributed by atoms with Crippen molar-refractivity contribution in [2.75, 3.05) is 5.32 Å². The van der Waals surface area contributed by atoms with E-state index in [0.717, 1.165) is 0 Å². The zero-order valence-corrected chi connectivity index (χ0v) is 10.9. The molecular formula is C13H9N3O6. The fraction of sp³-hybridized carbons (Fsp3) is 0.0769. The highest BCUT2D eigenvalue weighted by Crippen LogP contribution is 2.32. The number of carbonyl (C=O) groups excluding carboxylic acids is 1. The lowest BCUT2D eigenvalue weighted by Gasteiger charge is -2.20. The van der Waals surface area contributed by atoms with Gasteiger partial charge in [0.25, 0.3) is 0 Å². The quantitative estimate of drug-likeness (QED) is 0.688. The summed E-state index contributed by atoms with van der Waals surface area (Å²) >= 11 is 0. The Morgan fingerprint density at radius 3 is 2.73 bits per heavy atom. The number of hydrogen-bond acceptors (Lipinski definition) is 5. The summed E-state index contributed by atoms with van der Waals surface area (Å²) in [5.41, 5.74) is 0.573. The number of carboxylic acids is 2. The van der Waals surface area contributed by atoms with Gasteiger partial charge in [-0.1, -0.05) is 0 Å². The normalized spacial score (nSPS) is 11.8.